The number of nitrogens with one attached hydrogen (secondary N) is 3. The molecule has 2 aromatic rings. The maximum atomic E-state index is 12.9. The summed E-state index contributed by atoms with van der Waals surface area (Å²) in [6, 6.07) is 4.53. The van der Waals surface area contributed by atoms with Gasteiger partial charge in [0.1, 0.15) is 28.8 Å². The number of nitriles is 1. The van der Waals surface area contributed by atoms with Gasteiger partial charge in [-0.25, -0.2) is 4.57 Å². The van der Waals surface area contributed by atoms with Gasteiger partial charge in [0.05, 0.1) is 11.7 Å². The number of H-pyrrole nitrogens is 1. The average Bonchev–Trinajstić information content (AvgIpc) is 3.42. The van der Waals surface area contributed by atoms with Gasteiger partial charge in [-0.2, -0.15) is 5.26 Å². The highest BCUT2D eigenvalue weighted by atomic mass is 35.5. The van der Waals surface area contributed by atoms with Gasteiger partial charge >= 0.3 is 0 Å². The molecule has 0 saturated carbocycles. The van der Waals surface area contributed by atoms with Crippen LogP contribution in [0.25, 0.3) is 17.2 Å². The SMILES string of the molecule is CCO/N=C(\C)C(=O)NC1C(=O)N2C(C(=O)[O-])=C(C[n+]3ccc(-c4c[nH]c(/C=C(\Cl)C(=O)NC#N)c4)cc3)CSC12. The fraction of sp³-hybridized carbons (Fsp3) is 0.269. The second-order valence-corrected chi connectivity index (χ2v) is 10.4. The van der Waals surface area contributed by atoms with Crippen LogP contribution in [0.4, 0.5) is 0 Å². The molecule has 13 nitrogen and oxygen atoms in total. The van der Waals surface area contributed by atoms with Crippen LogP contribution in [0.5, 0.6) is 0 Å². The van der Waals surface area contributed by atoms with Crippen molar-refractivity contribution in [1.29, 1.82) is 5.26 Å². The Kier molecular flexibility index (Phi) is 9.10. The Balaban J connectivity index is 1.46. The topological polar surface area (TPSA) is 184 Å². The number of carbonyl (C=O) groups excluding carboxylic acids is 4. The van der Waals surface area contributed by atoms with E-state index in [1.165, 1.54) is 31.0 Å². The van der Waals surface area contributed by atoms with E-state index in [9.17, 15) is 24.3 Å². The Bertz CT molecular complexity index is 1530. The number of rotatable bonds is 10. The molecule has 15 heteroatoms. The molecule has 0 radical (unpaired) electrons. The summed E-state index contributed by atoms with van der Waals surface area (Å²) in [7, 11) is 0. The number of aromatic amines is 1. The molecule has 0 bridgehead atoms. The van der Waals surface area contributed by atoms with E-state index in [4.69, 9.17) is 21.7 Å². The van der Waals surface area contributed by atoms with Gasteiger partial charge in [0.2, 0.25) is 0 Å². The van der Waals surface area contributed by atoms with E-state index < -0.39 is 35.1 Å². The second kappa shape index (κ2) is 12.7. The van der Waals surface area contributed by atoms with E-state index in [-0.39, 0.29) is 29.6 Å². The molecule has 1 saturated heterocycles. The average molecular weight is 598 g/mol. The summed E-state index contributed by atoms with van der Waals surface area (Å²) >= 11 is 7.26. The number of thioether (sulfide) groups is 1. The van der Waals surface area contributed by atoms with Crippen molar-refractivity contribution in [2.75, 3.05) is 12.4 Å². The molecule has 3 amide bonds. The lowest BCUT2D eigenvalue weighted by Crippen LogP contribution is -2.71. The molecule has 4 rings (SSSR count). The van der Waals surface area contributed by atoms with Crippen molar-refractivity contribution in [2.45, 2.75) is 31.8 Å². The molecule has 2 atom stereocenters. The largest absolute Gasteiger partial charge is 0.543 e. The summed E-state index contributed by atoms with van der Waals surface area (Å²) in [6.45, 7) is 3.66. The highest BCUT2D eigenvalue weighted by Gasteiger charge is 2.53. The molecule has 2 unspecified atom stereocenters. The van der Waals surface area contributed by atoms with Gasteiger partial charge in [-0.05, 0) is 31.6 Å². The highest BCUT2D eigenvalue weighted by Crippen LogP contribution is 2.40. The number of carboxylic acid groups (broad SMARTS) is 1. The number of fused-ring (bicyclic) bond motifs is 1. The van der Waals surface area contributed by atoms with Crippen molar-refractivity contribution in [3.8, 4) is 17.3 Å². The minimum atomic E-state index is -1.47. The first-order valence-corrected chi connectivity index (χ1v) is 13.7. The fourth-order valence-corrected chi connectivity index (χ4v) is 5.69. The zero-order valence-electron chi connectivity index (χ0n) is 21.8. The van der Waals surface area contributed by atoms with Crippen LogP contribution in [-0.4, -0.2) is 63.1 Å². The number of oxime groups is 1. The number of carboxylic acids is 1. The lowest BCUT2D eigenvalue weighted by atomic mass is 10.0. The molecule has 0 aliphatic carbocycles. The second-order valence-electron chi connectivity index (χ2n) is 8.86. The van der Waals surface area contributed by atoms with Gasteiger partial charge in [-0.1, -0.05) is 16.8 Å². The number of amides is 3. The van der Waals surface area contributed by atoms with Gasteiger partial charge in [0, 0.05) is 40.9 Å². The van der Waals surface area contributed by atoms with Crippen LogP contribution in [0.1, 0.15) is 19.5 Å². The molecule has 2 aromatic heterocycles. The number of hydrogen-bond acceptors (Lipinski definition) is 9. The van der Waals surface area contributed by atoms with Crippen LogP contribution < -0.4 is 20.3 Å². The number of halogens is 1. The molecule has 0 aromatic carbocycles. The van der Waals surface area contributed by atoms with Gasteiger partial charge < -0.3 is 25.0 Å². The van der Waals surface area contributed by atoms with Crippen molar-refractivity contribution >= 4 is 58.8 Å². The molecule has 4 heterocycles. The van der Waals surface area contributed by atoms with Gasteiger partial charge in [-0.15, -0.1) is 11.8 Å². The van der Waals surface area contributed by atoms with E-state index in [2.05, 4.69) is 15.5 Å². The first-order chi connectivity index (χ1) is 19.6. The molecule has 2 aliphatic heterocycles. The monoisotopic (exact) mass is 597 g/mol. The van der Waals surface area contributed by atoms with Crippen LogP contribution in [0.3, 0.4) is 0 Å². The van der Waals surface area contributed by atoms with Crippen LogP contribution in [-0.2, 0) is 30.6 Å². The van der Waals surface area contributed by atoms with E-state index in [0.717, 1.165) is 16.0 Å². The van der Waals surface area contributed by atoms with Crippen molar-refractivity contribution < 1.29 is 33.7 Å². The van der Waals surface area contributed by atoms with Crippen molar-refractivity contribution in [3.63, 3.8) is 0 Å². The van der Waals surface area contributed by atoms with Gasteiger partial charge in [-0.3, -0.25) is 24.6 Å². The lowest BCUT2D eigenvalue weighted by Gasteiger charge is -2.50. The quantitative estimate of drug-likeness (QED) is 0.0648. The summed E-state index contributed by atoms with van der Waals surface area (Å²) < 4.78 is 1.77. The minimum absolute atomic E-state index is 0.0502. The van der Waals surface area contributed by atoms with Crippen LogP contribution >= 0.6 is 23.4 Å². The third-order valence-electron chi connectivity index (χ3n) is 6.16. The van der Waals surface area contributed by atoms with Gasteiger partial charge in [0.25, 0.3) is 17.7 Å². The van der Waals surface area contributed by atoms with Crippen molar-refractivity contribution in [1.82, 2.24) is 20.5 Å². The third-order valence-corrected chi connectivity index (χ3v) is 7.78. The summed E-state index contributed by atoms with van der Waals surface area (Å²) in [5.41, 5.74) is 2.55. The molecule has 41 heavy (non-hydrogen) atoms. The molecule has 2 aliphatic rings. The number of β-lactam (4-membered cyclic amide) rings is 1. The summed E-state index contributed by atoms with van der Waals surface area (Å²) in [5.74, 6) is -2.98. The first-order valence-electron chi connectivity index (χ1n) is 12.2. The number of carbonyl (C=O) groups is 4. The van der Waals surface area contributed by atoms with Crippen LogP contribution in [0, 0.1) is 11.5 Å². The number of pyridine rings is 1. The Labute approximate surface area is 243 Å². The van der Waals surface area contributed by atoms with E-state index in [1.807, 2.05) is 17.4 Å². The number of aromatic nitrogens is 2. The first kappa shape index (κ1) is 29.4. The Morgan fingerprint density at radius 2 is 2.07 bits per heavy atom. The lowest BCUT2D eigenvalue weighted by molar-refractivity contribution is -0.689. The van der Waals surface area contributed by atoms with E-state index >= 15 is 0 Å². The van der Waals surface area contributed by atoms with E-state index in [0.29, 0.717) is 17.0 Å². The van der Waals surface area contributed by atoms with Crippen LogP contribution in [0.2, 0.25) is 0 Å². The fourth-order valence-electron chi connectivity index (χ4n) is 4.19. The molecular formula is C26H24ClN7O6S. The standard InChI is InChI=1S/C26H24ClN7O6S/c1-3-40-32-14(2)22(35)31-20-24(37)34-21(26(38)39)17(12-41-25(20)34)11-33-6-4-15(5-7-33)16-8-18(29-10-16)9-19(27)23(36)30-13-28/h4-10,20,25H,3,11-12H2,1-2H3,(H3,30,31,35,36,38,39)/b19-9-,32-14+. The Morgan fingerprint density at radius 3 is 2.73 bits per heavy atom. The highest BCUT2D eigenvalue weighted by molar-refractivity contribution is 8.00. The number of aliphatic carboxylic acids is 1. The predicted octanol–water partition coefficient (Wildman–Crippen LogP) is -0.0375. The minimum Gasteiger partial charge on any atom is -0.543 e. The van der Waals surface area contributed by atoms with Crippen molar-refractivity contribution in [3.05, 3.63) is 58.8 Å². The number of nitrogens with zero attached hydrogens (tertiary/aromatic N) is 4. The maximum absolute atomic E-state index is 12.9. The normalized spacial score (nSPS) is 18.7. The Morgan fingerprint density at radius 1 is 1.34 bits per heavy atom. The molecule has 1 fully saturated rings. The summed E-state index contributed by atoms with van der Waals surface area (Å²) in [5, 5.41) is 28.1. The molecular weight excluding hydrogens is 574 g/mol. The van der Waals surface area contributed by atoms with Gasteiger partial charge in [0.15, 0.2) is 25.1 Å². The summed E-state index contributed by atoms with van der Waals surface area (Å²) in [4.78, 5) is 57.9. The third kappa shape index (κ3) is 6.42. The zero-order valence-corrected chi connectivity index (χ0v) is 23.4. The van der Waals surface area contributed by atoms with Crippen LogP contribution in [0.15, 0.2) is 58.2 Å². The van der Waals surface area contributed by atoms with Crippen molar-refractivity contribution in [2.24, 2.45) is 5.16 Å². The molecule has 0 spiro atoms. The zero-order chi connectivity index (χ0) is 29.7. The Hall–Kier alpha value is -4.61. The summed E-state index contributed by atoms with van der Waals surface area (Å²) in [6.07, 6.45) is 8.17. The molecule has 212 valence electrons. The maximum Gasteiger partial charge on any atom is 0.275 e. The predicted molar refractivity (Wildman–Crippen MR) is 146 cm³/mol. The van der Waals surface area contributed by atoms with E-state index in [1.54, 1.807) is 36.1 Å². The molecule has 3 N–H and O–H groups in total. The smallest absolute Gasteiger partial charge is 0.275 e. The number of hydrogen-bond donors (Lipinski definition) is 3.